The lowest BCUT2D eigenvalue weighted by Gasteiger charge is -2.19. The fraction of sp³-hybridized carbons (Fsp3) is 0.429. The van der Waals surface area contributed by atoms with Crippen molar-refractivity contribution < 1.29 is 12.8 Å². The van der Waals surface area contributed by atoms with E-state index in [-0.39, 0.29) is 4.90 Å². The predicted octanol–water partition coefficient (Wildman–Crippen LogP) is 4.54. The van der Waals surface area contributed by atoms with Gasteiger partial charge in [-0.1, -0.05) is 31.2 Å². The molecule has 1 aliphatic rings. The summed E-state index contributed by atoms with van der Waals surface area (Å²) in [4.78, 5) is 2.58. The molecule has 0 spiro atoms. The molecule has 0 bridgehead atoms. The van der Waals surface area contributed by atoms with E-state index < -0.39 is 16.7 Å². The largest absolute Gasteiger partial charge is 0.300 e. The Kier molecular flexibility index (Phi) is 6.17. The van der Waals surface area contributed by atoms with E-state index in [1.54, 1.807) is 24.3 Å². The van der Waals surface area contributed by atoms with Crippen molar-refractivity contribution in [2.45, 2.75) is 50.2 Å². The summed E-state index contributed by atoms with van der Waals surface area (Å²) in [7, 11) is -3.73. The summed E-state index contributed by atoms with van der Waals surface area (Å²) in [6.45, 7) is 5.95. The van der Waals surface area contributed by atoms with Gasteiger partial charge in [-0.05, 0) is 67.6 Å². The normalized spacial score (nSPS) is 20.7. The molecule has 0 aliphatic carbocycles. The molecule has 0 aromatic heterocycles. The Morgan fingerprint density at radius 1 is 1.19 bits per heavy atom. The fourth-order valence-corrected chi connectivity index (χ4v) is 4.90. The van der Waals surface area contributed by atoms with Crippen molar-refractivity contribution in [3.63, 3.8) is 0 Å². The van der Waals surface area contributed by atoms with Crippen molar-refractivity contribution in [2.75, 3.05) is 17.8 Å². The number of likely N-dealkylation sites (tertiary alicyclic amines) is 1. The minimum atomic E-state index is -3.73. The second-order valence-corrected chi connectivity index (χ2v) is 8.97. The SMILES string of the molecule is CCCN1C[C@H](c2ccc(NS(=O)(=O)c3cccc(CF)c3)cc2)C[C@H]1C. The number of anilines is 1. The zero-order chi connectivity index (χ0) is 19.4. The van der Waals surface area contributed by atoms with Crippen LogP contribution in [-0.4, -0.2) is 32.4 Å². The highest BCUT2D eigenvalue weighted by molar-refractivity contribution is 7.92. The van der Waals surface area contributed by atoms with E-state index in [1.165, 1.54) is 17.7 Å². The monoisotopic (exact) mass is 390 g/mol. The van der Waals surface area contributed by atoms with Crippen LogP contribution >= 0.6 is 0 Å². The van der Waals surface area contributed by atoms with Gasteiger partial charge in [0.1, 0.15) is 6.67 Å². The molecule has 27 heavy (non-hydrogen) atoms. The number of rotatable bonds is 7. The number of alkyl halides is 1. The maximum Gasteiger partial charge on any atom is 0.261 e. The van der Waals surface area contributed by atoms with Crippen LogP contribution in [-0.2, 0) is 16.7 Å². The van der Waals surface area contributed by atoms with Gasteiger partial charge in [0.2, 0.25) is 0 Å². The maximum absolute atomic E-state index is 12.8. The van der Waals surface area contributed by atoms with E-state index in [9.17, 15) is 12.8 Å². The molecule has 2 aromatic rings. The first-order valence-corrected chi connectivity index (χ1v) is 10.9. The maximum atomic E-state index is 12.8. The molecule has 1 aliphatic heterocycles. The standard InChI is InChI=1S/C21H27FN2O2S/c1-3-11-24-15-19(12-16(24)2)18-7-9-20(10-8-18)23-27(25,26)21-6-4-5-17(13-21)14-22/h4-10,13,16,19,23H,3,11-12,14-15H2,1-2H3/t16-,19-/m1/s1. The second-order valence-electron chi connectivity index (χ2n) is 7.29. The van der Waals surface area contributed by atoms with Gasteiger partial charge in [0, 0.05) is 18.3 Å². The third kappa shape index (κ3) is 4.68. The van der Waals surface area contributed by atoms with Crippen molar-refractivity contribution in [1.82, 2.24) is 4.90 Å². The van der Waals surface area contributed by atoms with Crippen molar-refractivity contribution in [3.8, 4) is 0 Å². The number of halogens is 1. The molecule has 0 unspecified atom stereocenters. The van der Waals surface area contributed by atoms with E-state index in [2.05, 4.69) is 23.5 Å². The third-order valence-corrected chi connectivity index (χ3v) is 6.59. The van der Waals surface area contributed by atoms with Crippen LogP contribution in [0, 0.1) is 0 Å². The smallest absolute Gasteiger partial charge is 0.261 e. The summed E-state index contributed by atoms with van der Waals surface area (Å²) in [5, 5.41) is 0. The Morgan fingerprint density at radius 2 is 1.93 bits per heavy atom. The van der Waals surface area contributed by atoms with E-state index in [0.717, 1.165) is 25.9 Å². The lowest BCUT2D eigenvalue weighted by Crippen LogP contribution is -2.27. The molecule has 4 nitrogen and oxygen atoms in total. The molecule has 2 atom stereocenters. The molecule has 3 rings (SSSR count). The zero-order valence-electron chi connectivity index (χ0n) is 15.9. The first-order chi connectivity index (χ1) is 12.9. The van der Waals surface area contributed by atoms with Gasteiger partial charge in [-0.2, -0.15) is 0 Å². The van der Waals surface area contributed by atoms with E-state index in [4.69, 9.17) is 0 Å². The van der Waals surface area contributed by atoms with Crippen LogP contribution in [0.5, 0.6) is 0 Å². The lowest BCUT2D eigenvalue weighted by atomic mass is 9.96. The highest BCUT2D eigenvalue weighted by atomic mass is 32.2. The van der Waals surface area contributed by atoms with Crippen LogP contribution in [0.1, 0.15) is 43.7 Å². The van der Waals surface area contributed by atoms with Crippen molar-refractivity contribution in [1.29, 1.82) is 0 Å². The van der Waals surface area contributed by atoms with Crippen LogP contribution in [0.2, 0.25) is 0 Å². The zero-order valence-corrected chi connectivity index (χ0v) is 16.7. The van der Waals surface area contributed by atoms with Gasteiger partial charge in [-0.15, -0.1) is 0 Å². The third-order valence-electron chi connectivity index (χ3n) is 5.21. The summed E-state index contributed by atoms with van der Waals surface area (Å²) in [5.74, 6) is 0.485. The highest BCUT2D eigenvalue weighted by Gasteiger charge is 2.29. The first-order valence-electron chi connectivity index (χ1n) is 9.44. The number of hydrogen-bond donors (Lipinski definition) is 1. The Balaban J connectivity index is 1.70. The number of benzene rings is 2. The second kappa shape index (κ2) is 8.40. The molecular weight excluding hydrogens is 363 g/mol. The Bertz CT molecular complexity index is 868. The van der Waals surface area contributed by atoms with Crippen LogP contribution in [0.15, 0.2) is 53.4 Å². The molecule has 2 aromatic carbocycles. The molecule has 1 N–H and O–H groups in total. The summed E-state index contributed by atoms with van der Waals surface area (Å²) < 4.78 is 40.4. The summed E-state index contributed by atoms with van der Waals surface area (Å²) in [6, 6.07) is 14.1. The minimum Gasteiger partial charge on any atom is -0.300 e. The molecule has 0 radical (unpaired) electrons. The average molecular weight is 391 g/mol. The van der Waals surface area contributed by atoms with Gasteiger partial charge in [0.25, 0.3) is 10.0 Å². The van der Waals surface area contributed by atoms with Crippen molar-refractivity contribution >= 4 is 15.7 Å². The fourth-order valence-electron chi connectivity index (χ4n) is 3.77. The molecule has 6 heteroatoms. The topological polar surface area (TPSA) is 49.4 Å². The van der Waals surface area contributed by atoms with Crippen molar-refractivity contribution in [2.24, 2.45) is 0 Å². The molecule has 146 valence electrons. The van der Waals surface area contributed by atoms with Gasteiger partial charge >= 0.3 is 0 Å². The number of hydrogen-bond acceptors (Lipinski definition) is 3. The Morgan fingerprint density at radius 3 is 2.59 bits per heavy atom. The van der Waals surface area contributed by atoms with Crippen LogP contribution in [0.25, 0.3) is 0 Å². The Hall–Kier alpha value is -1.92. The number of sulfonamides is 1. The summed E-state index contributed by atoms with van der Waals surface area (Å²) >= 11 is 0. The van der Waals surface area contributed by atoms with Gasteiger partial charge in [0.15, 0.2) is 0 Å². The van der Waals surface area contributed by atoms with Crippen molar-refractivity contribution in [3.05, 3.63) is 59.7 Å². The van der Waals surface area contributed by atoms with Gasteiger partial charge < -0.3 is 4.90 Å². The minimum absolute atomic E-state index is 0.0709. The summed E-state index contributed by atoms with van der Waals surface area (Å²) in [6.07, 6.45) is 2.28. The number of nitrogens with one attached hydrogen (secondary N) is 1. The van der Waals surface area contributed by atoms with Crippen LogP contribution in [0.4, 0.5) is 10.1 Å². The first kappa shape index (κ1) is 19.8. The summed E-state index contributed by atoms with van der Waals surface area (Å²) in [5.41, 5.74) is 2.10. The quantitative estimate of drug-likeness (QED) is 0.755. The molecule has 1 fully saturated rings. The van der Waals surface area contributed by atoms with E-state index in [1.807, 2.05) is 12.1 Å². The molecule has 1 saturated heterocycles. The van der Waals surface area contributed by atoms with Gasteiger partial charge in [-0.25, -0.2) is 12.8 Å². The van der Waals surface area contributed by atoms with Crippen LogP contribution < -0.4 is 4.72 Å². The molecule has 0 saturated carbocycles. The van der Waals surface area contributed by atoms with E-state index >= 15 is 0 Å². The highest BCUT2D eigenvalue weighted by Crippen LogP contribution is 2.32. The Labute approximate surface area is 161 Å². The average Bonchev–Trinajstić information content (AvgIpc) is 3.03. The molecule has 0 amide bonds. The lowest BCUT2D eigenvalue weighted by molar-refractivity contribution is 0.268. The number of nitrogens with zero attached hydrogens (tertiary/aromatic N) is 1. The predicted molar refractivity (Wildman–Crippen MR) is 107 cm³/mol. The van der Waals surface area contributed by atoms with Gasteiger partial charge in [0.05, 0.1) is 4.90 Å². The molecular formula is C21H27FN2O2S. The molecule has 1 heterocycles. The van der Waals surface area contributed by atoms with Crippen LogP contribution in [0.3, 0.4) is 0 Å². The van der Waals surface area contributed by atoms with Gasteiger partial charge in [-0.3, -0.25) is 4.72 Å². The van der Waals surface area contributed by atoms with E-state index in [0.29, 0.717) is 23.2 Å².